The molecule has 1 heterocycles. The standard InChI is InChI=1S/C13H27N/c1-3-6-12(7-4-2)10-13-8-5-9-14-11-13/h12-14H,3-11H2,1-2H3. The van der Waals surface area contributed by atoms with E-state index >= 15 is 0 Å². The van der Waals surface area contributed by atoms with Crippen molar-refractivity contribution in [2.45, 2.75) is 58.8 Å². The Kier molecular flexibility index (Phi) is 6.25. The SMILES string of the molecule is CCCC(CCC)CC1CCCNC1. The van der Waals surface area contributed by atoms with E-state index in [0.29, 0.717) is 0 Å². The van der Waals surface area contributed by atoms with E-state index in [-0.39, 0.29) is 0 Å². The number of rotatable bonds is 6. The van der Waals surface area contributed by atoms with Crippen LogP contribution >= 0.6 is 0 Å². The van der Waals surface area contributed by atoms with Gasteiger partial charge in [0.15, 0.2) is 0 Å². The minimum atomic E-state index is 0.979. The molecule has 0 saturated carbocycles. The van der Waals surface area contributed by atoms with Crippen molar-refractivity contribution in [2.24, 2.45) is 11.8 Å². The van der Waals surface area contributed by atoms with Crippen molar-refractivity contribution in [3.63, 3.8) is 0 Å². The molecule has 14 heavy (non-hydrogen) atoms. The molecule has 0 radical (unpaired) electrons. The summed E-state index contributed by atoms with van der Waals surface area (Å²) in [7, 11) is 0. The molecule has 0 aliphatic carbocycles. The van der Waals surface area contributed by atoms with Gasteiger partial charge in [0.2, 0.25) is 0 Å². The Morgan fingerprint density at radius 2 is 1.93 bits per heavy atom. The van der Waals surface area contributed by atoms with Crippen LogP contribution in [0.5, 0.6) is 0 Å². The highest BCUT2D eigenvalue weighted by Crippen LogP contribution is 2.25. The van der Waals surface area contributed by atoms with E-state index in [9.17, 15) is 0 Å². The molecule has 1 fully saturated rings. The van der Waals surface area contributed by atoms with Gasteiger partial charge < -0.3 is 5.32 Å². The third kappa shape index (κ3) is 4.45. The topological polar surface area (TPSA) is 12.0 Å². The lowest BCUT2D eigenvalue weighted by Gasteiger charge is -2.27. The lowest BCUT2D eigenvalue weighted by Crippen LogP contribution is -2.30. The van der Waals surface area contributed by atoms with Gasteiger partial charge >= 0.3 is 0 Å². The third-order valence-electron chi connectivity index (χ3n) is 3.46. The number of nitrogens with one attached hydrogen (secondary N) is 1. The van der Waals surface area contributed by atoms with Gasteiger partial charge in [-0.15, -0.1) is 0 Å². The predicted octanol–water partition coefficient (Wildman–Crippen LogP) is 3.59. The quantitative estimate of drug-likeness (QED) is 0.686. The summed E-state index contributed by atoms with van der Waals surface area (Å²) >= 11 is 0. The molecule has 1 nitrogen and oxygen atoms in total. The molecule has 0 bridgehead atoms. The van der Waals surface area contributed by atoms with Gasteiger partial charge in [0.1, 0.15) is 0 Å². The fourth-order valence-electron chi connectivity index (χ4n) is 2.79. The zero-order valence-electron chi connectivity index (χ0n) is 10.0. The van der Waals surface area contributed by atoms with E-state index < -0.39 is 0 Å². The Labute approximate surface area is 89.7 Å². The average Bonchev–Trinajstić information content (AvgIpc) is 2.20. The summed E-state index contributed by atoms with van der Waals surface area (Å²) in [6.45, 7) is 7.18. The largest absolute Gasteiger partial charge is 0.316 e. The van der Waals surface area contributed by atoms with Crippen molar-refractivity contribution in [3.8, 4) is 0 Å². The molecule has 0 aromatic heterocycles. The van der Waals surface area contributed by atoms with Crippen LogP contribution in [0.3, 0.4) is 0 Å². The van der Waals surface area contributed by atoms with Crippen molar-refractivity contribution in [2.75, 3.05) is 13.1 Å². The summed E-state index contributed by atoms with van der Waals surface area (Å²) in [5, 5.41) is 3.52. The van der Waals surface area contributed by atoms with Gasteiger partial charge in [-0.2, -0.15) is 0 Å². The normalized spacial score (nSPS) is 22.9. The molecular formula is C13H27N. The van der Waals surface area contributed by atoms with E-state index in [1.807, 2.05) is 0 Å². The van der Waals surface area contributed by atoms with Gasteiger partial charge in [0.05, 0.1) is 0 Å². The molecule has 1 unspecified atom stereocenters. The maximum absolute atomic E-state index is 3.52. The van der Waals surface area contributed by atoms with E-state index in [2.05, 4.69) is 19.2 Å². The van der Waals surface area contributed by atoms with Gasteiger partial charge in [-0.3, -0.25) is 0 Å². The maximum atomic E-state index is 3.52. The van der Waals surface area contributed by atoms with Crippen LogP contribution < -0.4 is 5.32 Å². The number of hydrogen-bond donors (Lipinski definition) is 1. The smallest absolute Gasteiger partial charge is 0.00204 e. The summed E-state index contributed by atoms with van der Waals surface area (Å²) in [5.41, 5.74) is 0. The van der Waals surface area contributed by atoms with Crippen molar-refractivity contribution in [1.29, 1.82) is 0 Å². The maximum Gasteiger partial charge on any atom is -0.00204 e. The highest BCUT2D eigenvalue weighted by Gasteiger charge is 2.17. The molecule has 1 saturated heterocycles. The first-order chi connectivity index (χ1) is 6.86. The summed E-state index contributed by atoms with van der Waals surface area (Å²) in [6, 6.07) is 0. The fraction of sp³-hybridized carbons (Fsp3) is 1.00. The van der Waals surface area contributed by atoms with Gasteiger partial charge in [0.25, 0.3) is 0 Å². The highest BCUT2D eigenvalue weighted by molar-refractivity contribution is 4.72. The Bertz CT molecular complexity index is 121. The Balaban J connectivity index is 2.21. The molecule has 1 N–H and O–H groups in total. The van der Waals surface area contributed by atoms with Crippen molar-refractivity contribution < 1.29 is 0 Å². The van der Waals surface area contributed by atoms with Gasteiger partial charge in [-0.1, -0.05) is 39.5 Å². The summed E-state index contributed by atoms with van der Waals surface area (Å²) in [4.78, 5) is 0. The van der Waals surface area contributed by atoms with E-state index in [0.717, 1.165) is 11.8 Å². The molecule has 0 amide bonds. The van der Waals surface area contributed by atoms with Crippen LogP contribution in [0.15, 0.2) is 0 Å². The van der Waals surface area contributed by atoms with Crippen LogP contribution in [0, 0.1) is 11.8 Å². The van der Waals surface area contributed by atoms with Crippen LogP contribution in [0.4, 0.5) is 0 Å². The van der Waals surface area contributed by atoms with Crippen LogP contribution in [0.2, 0.25) is 0 Å². The first-order valence-corrected chi connectivity index (χ1v) is 6.57. The summed E-state index contributed by atoms with van der Waals surface area (Å²) in [5.74, 6) is 1.99. The first kappa shape index (κ1) is 12.0. The predicted molar refractivity (Wildman–Crippen MR) is 63.5 cm³/mol. The van der Waals surface area contributed by atoms with Crippen LogP contribution in [-0.4, -0.2) is 13.1 Å². The molecule has 1 rings (SSSR count). The van der Waals surface area contributed by atoms with Crippen molar-refractivity contribution in [3.05, 3.63) is 0 Å². The lowest BCUT2D eigenvalue weighted by atomic mass is 9.84. The van der Waals surface area contributed by atoms with Gasteiger partial charge in [0, 0.05) is 0 Å². The zero-order valence-corrected chi connectivity index (χ0v) is 10.0. The van der Waals surface area contributed by atoms with Gasteiger partial charge in [-0.25, -0.2) is 0 Å². The highest BCUT2D eigenvalue weighted by atomic mass is 14.9. The second-order valence-corrected chi connectivity index (χ2v) is 4.89. The second kappa shape index (κ2) is 7.28. The van der Waals surface area contributed by atoms with E-state index in [1.54, 1.807) is 0 Å². The molecule has 84 valence electrons. The minimum Gasteiger partial charge on any atom is -0.316 e. The van der Waals surface area contributed by atoms with Crippen molar-refractivity contribution in [1.82, 2.24) is 5.32 Å². The zero-order chi connectivity index (χ0) is 10.2. The second-order valence-electron chi connectivity index (χ2n) is 4.89. The summed E-state index contributed by atoms with van der Waals surface area (Å²) < 4.78 is 0. The molecular weight excluding hydrogens is 170 g/mol. The third-order valence-corrected chi connectivity index (χ3v) is 3.46. The number of piperidine rings is 1. The molecule has 1 aliphatic heterocycles. The molecule has 0 aromatic carbocycles. The molecule has 1 aliphatic rings. The Morgan fingerprint density at radius 3 is 2.43 bits per heavy atom. The molecule has 1 atom stereocenters. The van der Waals surface area contributed by atoms with Crippen LogP contribution in [-0.2, 0) is 0 Å². The Morgan fingerprint density at radius 1 is 1.21 bits per heavy atom. The summed E-state index contributed by atoms with van der Waals surface area (Å²) in [6.07, 6.45) is 9.98. The van der Waals surface area contributed by atoms with Crippen LogP contribution in [0.25, 0.3) is 0 Å². The van der Waals surface area contributed by atoms with Gasteiger partial charge in [-0.05, 0) is 44.2 Å². The van der Waals surface area contributed by atoms with E-state index in [4.69, 9.17) is 0 Å². The first-order valence-electron chi connectivity index (χ1n) is 6.57. The lowest BCUT2D eigenvalue weighted by molar-refractivity contribution is 0.280. The molecule has 0 aromatic rings. The number of hydrogen-bond acceptors (Lipinski definition) is 1. The molecule has 1 heteroatoms. The fourth-order valence-corrected chi connectivity index (χ4v) is 2.79. The molecule has 0 spiro atoms. The Hall–Kier alpha value is -0.0400. The van der Waals surface area contributed by atoms with E-state index in [1.165, 1.54) is 58.0 Å². The van der Waals surface area contributed by atoms with Crippen LogP contribution in [0.1, 0.15) is 58.8 Å². The van der Waals surface area contributed by atoms with Crippen molar-refractivity contribution >= 4 is 0 Å². The monoisotopic (exact) mass is 197 g/mol. The minimum absolute atomic E-state index is 0.979. The average molecular weight is 197 g/mol.